The van der Waals surface area contributed by atoms with Gasteiger partial charge in [0.15, 0.2) is 0 Å². The van der Waals surface area contributed by atoms with E-state index in [2.05, 4.69) is 10.3 Å². The van der Waals surface area contributed by atoms with Crippen LogP contribution >= 0.6 is 0 Å². The maximum Gasteiger partial charge on any atom is 0.422 e. The zero-order chi connectivity index (χ0) is 13.5. The van der Waals surface area contributed by atoms with Crippen molar-refractivity contribution >= 4 is 17.8 Å². The number of nitrogens with two attached hydrogens (primary N) is 1. The molecule has 0 radical (unpaired) electrons. The van der Waals surface area contributed by atoms with Crippen molar-refractivity contribution in [2.45, 2.75) is 13.3 Å². The van der Waals surface area contributed by atoms with Crippen LogP contribution in [0.1, 0.15) is 13.3 Å². The normalized spacial score (nSPS) is 9.83. The topological polar surface area (TPSA) is 116 Å². The van der Waals surface area contributed by atoms with E-state index >= 15 is 0 Å². The van der Waals surface area contributed by atoms with Gasteiger partial charge in [0.05, 0.1) is 6.61 Å². The maximum absolute atomic E-state index is 11.4. The van der Waals surface area contributed by atoms with Gasteiger partial charge in [0.1, 0.15) is 5.82 Å². The summed E-state index contributed by atoms with van der Waals surface area (Å²) in [4.78, 5) is 36.7. The lowest BCUT2D eigenvalue weighted by Crippen LogP contribution is -2.30. The summed E-state index contributed by atoms with van der Waals surface area (Å²) in [6.45, 7) is 1.89. The van der Waals surface area contributed by atoms with Crippen molar-refractivity contribution in [1.29, 1.82) is 0 Å². The Morgan fingerprint density at radius 3 is 2.89 bits per heavy atom. The van der Waals surface area contributed by atoms with Gasteiger partial charge in [-0.25, -0.2) is 14.2 Å². The monoisotopic (exact) mass is 254 g/mol. The second-order valence-corrected chi connectivity index (χ2v) is 3.46. The second kappa shape index (κ2) is 6.38. The number of nitrogens with zero attached hydrogens (tertiary/aromatic N) is 2. The van der Waals surface area contributed by atoms with Crippen LogP contribution in [0.3, 0.4) is 0 Å². The Kier molecular flexibility index (Phi) is 4.85. The van der Waals surface area contributed by atoms with Gasteiger partial charge < -0.3 is 15.8 Å². The Bertz CT molecular complexity index is 497. The molecule has 0 saturated heterocycles. The number of carbonyl (C=O) groups is 2. The predicted molar refractivity (Wildman–Crippen MR) is 63.0 cm³/mol. The first-order valence-electron chi connectivity index (χ1n) is 5.27. The quantitative estimate of drug-likeness (QED) is 0.689. The smallest absolute Gasteiger partial charge is 0.422 e. The van der Waals surface area contributed by atoms with Gasteiger partial charge in [-0.1, -0.05) is 0 Å². The van der Waals surface area contributed by atoms with E-state index in [1.165, 1.54) is 19.2 Å². The molecule has 3 N–H and O–H groups in total. The van der Waals surface area contributed by atoms with Crippen molar-refractivity contribution in [1.82, 2.24) is 14.9 Å². The highest BCUT2D eigenvalue weighted by Crippen LogP contribution is 1.92. The van der Waals surface area contributed by atoms with E-state index in [0.29, 0.717) is 13.0 Å². The Morgan fingerprint density at radius 1 is 1.56 bits per heavy atom. The van der Waals surface area contributed by atoms with Gasteiger partial charge >= 0.3 is 11.8 Å². The van der Waals surface area contributed by atoms with Gasteiger partial charge in [-0.2, -0.15) is 4.98 Å². The molecule has 8 nitrogen and oxygen atoms in total. The third kappa shape index (κ3) is 4.24. The van der Waals surface area contributed by atoms with E-state index in [1.807, 2.05) is 0 Å². The molecular weight excluding hydrogens is 240 g/mol. The van der Waals surface area contributed by atoms with Crippen LogP contribution in [0.15, 0.2) is 17.1 Å². The molecule has 98 valence electrons. The summed E-state index contributed by atoms with van der Waals surface area (Å²) in [5, 5.41) is 2.55. The van der Waals surface area contributed by atoms with E-state index < -0.39 is 11.8 Å². The highest BCUT2D eigenvalue weighted by Gasteiger charge is 2.08. The summed E-state index contributed by atoms with van der Waals surface area (Å²) in [5.41, 5.74) is 4.49. The van der Waals surface area contributed by atoms with Crippen LogP contribution in [0.2, 0.25) is 0 Å². The van der Waals surface area contributed by atoms with Crippen molar-refractivity contribution in [3.63, 3.8) is 0 Å². The molecule has 18 heavy (non-hydrogen) atoms. The number of hydrogen-bond donors (Lipinski definition) is 2. The molecular formula is C10H14N4O4. The van der Waals surface area contributed by atoms with Gasteiger partial charge in [-0.15, -0.1) is 0 Å². The summed E-state index contributed by atoms with van der Waals surface area (Å²) in [6.07, 6.45) is 0.832. The molecule has 8 heteroatoms. The van der Waals surface area contributed by atoms with Gasteiger partial charge in [-0.3, -0.25) is 4.79 Å². The summed E-state index contributed by atoms with van der Waals surface area (Å²) in [5.74, 6) is -0.116. The summed E-state index contributed by atoms with van der Waals surface area (Å²) in [6, 6.07) is 1.32. The van der Waals surface area contributed by atoms with Crippen molar-refractivity contribution in [3.8, 4) is 0 Å². The lowest BCUT2D eigenvalue weighted by atomic mass is 10.4. The van der Waals surface area contributed by atoms with Gasteiger partial charge in [0.2, 0.25) is 5.91 Å². The standard InChI is InChI=1S/C10H14N4O4/c1-7(15)12-4-2-6-18-10(17)14-5-3-8(11)13-9(14)16/h3,5H,2,4,6H2,1H3,(H,12,15)(H2,11,13,16). The number of amides is 1. The third-order valence-corrected chi connectivity index (χ3v) is 1.94. The predicted octanol–water partition coefficient (Wildman–Crippen LogP) is -0.664. The van der Waals surface area contributed by atoms with Crippen LogP contribution in [-0.4, -0.2) is 34.7 Å². The van der Waals surface area contributed by atoms with Crippen LogP contribution in [-0.2, 0) is 9.53 Å². The van der Waals surface area contributed by atoms with Crippen LogP contribution in [0.4, 0.5) is 10.6 Å². The third-order valence-electron chi connectivity index (χ3n) is 1.94. The molecule has 0 spiro atoms. The van der Waals surface area contributed by atoms with Gasteiger partial charge in [0, 0.05) is 19.7 Å². The molecule has 0 aliphatic rings. The molecule has 0 aromatic carbocycles. The number of anilines is 1. The second-order valence-electron chi connectivity index (χ2n) is 3.46. The molecule has 0 aliphatic carbocycles. The van der Waals surface area contributed by atoms with Crippen molar-refractivity contribution in [2.75, 3.05) is 18.9 Å². The fourth-order valence-electron chi connectivity index (χ4n) is 1.12. The van der Waals surface area contributed by atoms with Crippen LogP contribution < -0.4 is 16.7 Å². The number of hydrogen-bond acceptors (Lipinski definition) is 6. The van der Waals surface area contributed by atoms with E-state index in [-0.39, 0.29) is 18.3 Å². The van der Waals surface area contributed by atoms with Crippen LogP contribution in [0, 0.1) is 0 Å². The average molecular weight is 254 g/mol. The number of aromatic nitrogens is 2. The number of carbonyl (C=O) groups excluding carboxylic acids is 2. The van der Waals surface area contributed by atoms with E-state index in [0.717, 1.165) is 4.57 Å². The Morgan fingerprint density at radius 2 is 2.28 bits per heavy atom. The Hall–Kier alpha value is -2.38. The Balaban J connectivity index is 2.41. The molecule has 0 saturated carbocycles. The molecule has 0 unspecified atom stereocenters. The summed E-state index contributed by atoms with van der Waals surface area (Å²) in [7, 11) is 0. The fourth-order valence-corrected chi connectivity index (χ4v) is 1.12. The molecule has 1 rings (SSSR count). The van der Waals surface area contributed by atoms with Crippen LogP contribution in [0.25, 0.3) is 0 Å². The minimum absolute atomic E-state index is 0.0368. The van der Waals surface area contributed by atoms with Crippen molar-refractivity contribution in [2.24, 2.45) is 0 Å². The zero-order valence-electron chi connectivity index (χ0n) is 9.88. The fraction of sp³-hybridized carbons (Fsp3) is 0.400. The summed E-state index contributed by atoms with van der Waals surface area (Å²) < 4.78 is 5.54. The first-order valence-corrected chi connectivity index (χ1v) is 5.27. The number of nitrogen functional groups attached to an aromatic ring is 1. The van der Waals surface area contributed by atoms with E-state index in [9.17, 15) is 14.4 Å². The highest BCUT2D eigenvalue weighted by atomic mass is 16.5. The lowest BCUT2D eigenvalue weighted by molar-refractivity contribution is -0.118. The first-order chi connectivity index (χ1) is 8.50. The minimum atomic E-state index is -0.824. The maximum atomic E-state index is 11.4. The van der Waals surface area contributed by atoms with E-state index in [4.69, 9.17) is 10.5 Å². The molecule has 0 atom stereocenters. The van der Waals surface area contributed by atoms with Crippen molar-refractivity contribution in [3.05, 3.63) is 22.7 Å². The lowest BCUT2D eigenvalue weighted by Gasteiger charge is -2.06. The highest BCUT2D eigenvalue weighted by molar-refractivity contribution is 5.72. The zero-order valence-corrected chi connectivity index (χ0v) is 9.88. The number of nitrogens with one attached hydrogen (secondary N) is 1. The first kappa shape index (κ1) is 13.7. The minimum Gasteiger partial charge on any atom is -0.449 e. The van der Waals surface area contributed by atoms with E-state index in [1.54, 1.807) is 0 Å². The van der Waals surface area contributed by atoms with Crippen molar-refractivity contribution < 1.29 is 14.3 Å². The molecule has 1 amide bonds. The number of ether oxygens (including phenoxy) is 1. The van der Waals surface area contributed by atoms with Gasteiger partial charge in [-0.05, 0) is 12.5 Å². The molecule has 0 aliphatic heterocycles. The molecule has 0 fully saturated rings. The average Bonchev–Trinajstić information content (AvgIpc) is 2.27. The Labute approximate surface area is 103 Å². The van der Waals surface area contributed by atoms with Crippen LogP contribution in [0.5, 0.6) is 0 Å². The molecule has 1 aromatic heterocycles. The summed E-state index contributed by atoms with van der Waals surface area (Å²) >= 11 is 0. The van der Waals surface area contributed by atoms with Gasteiger partial charge in [0.25, 0.3) is 0 Å². The SMILES string of the molecule is CC(=O)NCCCOC(=O)n1ccc(N)nc1=O. The largest absolute Gasteiger partial charge is 0.449 e. The molecule has 1 aromatic rings. The molecule has 0 bridgehead atoms. The number of rotatable bonds is 4. The molecule has 1 heterocycles.